The monoisotopic (exact) mass is 354 g/mol. The summed E-state index contributed by atoms with van der Waals surface area (Å²) >= 11 is 3.11. The molecule has 0 heterocycles. The molecule has 3 N–H and O–H groups in total. The summed E-state index contributed by atoms with van der Waals surface area (Å²) in [7, 11) is 0. The van der Waals surface area contributed by atoms with E-state index in [1.54, 1.807) is 18.2 Å². The Morgan fingerprint density at radius 3 is 2.62 bits per heavy atom. The number of hydrogen-bond acceptors (Lipinski definition) is 2. The van der Waals surface area contributed by atoms with E-state index in [2.05, 4.69) is 21.2 Å². The van der Waals surface area contributed by atoms with Gasteiger partial charge in [0.2, 0.25) is 0 Å². The van der Waals surface area contributed by atoms with E-state index in [1.165, 1.54) is 12.1 Å². The summed E-state index contributed by atoms with van der Waals surface area (Å²) in [6.07, 6.45) is 0.368. The van der Waals surface area contributed by atoms with Gasteiger partial charge in [-0.25, -0.2) is 8.78 Å². The number of carbonyl (C=O) groups is 1. The second kappa shape index (κ2) is 6.67. The maximum atomic E-state index is 13.4. The molecule has 6 heteroatoms. The van der Waals surface area contributed by atoms with Gasteiger partial charge in [0.25, 0.3) is 5.91 Å². The van der Waals surface area contributed by atoms with Crippen LogP contribution in [0.2, 0.25) is 0 Å². The molecule has 110 valence electrons. The van der Waals surface area contributed by atoms with Crippen molar-refractivity contribution in [3.63, 3.8) is 0 Å². The molecule has 2 aromatic rings. The van der Waals surface area contributed by atoms with Gasteiger partial charge in [-0.3, -0.25) is 4.79 Å². The number of nitrogens with two attached hydrogens (primary N) is 1. The largest absolute Gasteiger partial charge is 0.396 e. The third kappa shape index (κ3) is 3.78. The average Bonchev–Trinajstić information content (AvgIpc) is 2.44. The highest BCUT2D eigenvalue weighted by atomic mass is 79.9. The number of nitrogens with one attached hydrogen (secondary N) is 1. The normalized spacial score (nSPS) is 10.4. The highest BCUT2D eigenvalue weighted by Crippen LogP contribution is 2.22. The molecule has 21 heavy (non-hydrogen) atoms. The average molecular weight is 355 g/mol. The molecule has 0 aromatic heterocycles. The van der Waals surface area contributed by atoms with Gasteiger partial charge >= 0.3 is 0 Å². The van der Waals surface area contributed by atoms with E-state index in [0.717, 1.165) is 6.07 Å². The number of benzene rings is 2. The number of anilines is 1. The lowest BCUT2D eigenvalue weighted by Gasteiger charge is -2.09. The molecule has 1 amide bonds. The lowest BCUT2D eigenvalue weighted by Crippen LogP contribution is -2.26. The van der Waals surface area contributed by atoms with Crippen molar-refractivity contribution >= 4 is 27.5 Å². The predicted molar refractivity (Wildman–Crippen MR) is 80.9 cm³/mol. The minimum Gasteiger partial charge on any atom is -0.396 e. The first-order valence-corrected chi connectivity index (χ1v) is 7.04. The van der Waals surface area contributed by atoms with Crippen molar-refractivity contribution in [3.05, 3.63) is 63.6 Å². The summed E-state index contributed by atoms with van der Waals surface area (Å²) in [6.45, 7) is 0.267. The first-order valence-electron chi connectivity index (χ1n) is 6.25. The lowest BCUT2D eigenvalue weighted by molar-refractivity contribution is 0.0953. The van der Waals surface area contributed by atoms with E-state index < -0.39 is 11.7 Å². The molecule has 0 aliphatic heterocycles. The number of nitrogen functional groups attached to an aromatic ring is 1. The van der Waals surface area contributed by atoms with Crippen molar-refractivity contribution in [2.45, 2.75) is 6.42 Å². The molecule has 0 saturated carbocycles. The number of amides is 1. The molecule has 0 radical (unpaired) electrons. The van der Waals surface area contributed by atoms with Crippen LogP contribution in [0.15, 0.2) is 40.9 Å². The third-order valence-electron chi connectivity index (χ3n) is 2.97. The fourth-order valence-electron chi connectivity index (χ4n) is 1.85. The van der Waals surface area contributed by atoms with Crippen LogP contribution in [0.5, 0.6) is 0 Å². The van der Waals surface area contributed by atoms with Gasteiger partial charge in [0, 0.05) is 11.0 Å². The Hall–Kier alpha value is -1.95. The lowest BCUT2D eigenvalue weighted by atomic mass is 10.1. The first kappa shape index (κ1) is 15.4. The van der Waals surface area contributed by atoms with Crippen LogP contribution in [-0.4, -0.2) is 12.5 Å². The zero-order valence-electron chi connectivity index (χ0n) is 11.0. The highest BCUT2D eigenvalue weighted by molar-refractivity contribution is 9.10. The summed E-state index contributed by atoms with van der Waals surface area (Å²) in [5, 5.41) is 2.65. The Morgan fingerprint density at radius 1 is 1.19 bits per heavy atom. The van der Waals surface area contributed by atoms with Crippen LogP contribution in [0.1, 0.15) is 15.9 Å². The summed E-state index contributed by atoms with van der Waals surface area (Å²) in [6, 6.07) is 8.77. The zero-order valence-corrected chi connectivity index (χ0v) is 12.6. The van der Waals surface area contributed by atoms with E-state index in [4.69, 9.17) is 5.73 Å². The standard InChI is InChI=1S/C15H13BrF2N2O/c16-11-8-13(18)14(19)7-10(11)15(21)20-6-5-9-3-1-2-4-12(9)17/h1-4,7-8H,5-6,19H2,(H,20,21). The number of hydrogen-bond donors (Lipinski definition) is 2. The van der Waals surface area contributed by atoms with Crippen molar-refractivity contribution in [1.82, 2.24) is 5.32 Å². The van der Waals surface area contributed by atoms with Crippen LogP contribution in [0.3, 0.4) is 0 Å². The first-order chi connectivity index (χ1) is 9.99. The molecule has 0 saturated heterocycles. The summed E-state index contributed by atoms with van der Waals surface area (Å²) < 4.78 is 26.9. The molecular weight excluding hydrogens is 342 g/mol. The molecule has 2 aromatic carbocycles. The van der Waals surface area contributed by atoms with Crippen LogP contribution in [0.25, 0.3) is 0 Å². The van der Waals surface area contributed by atoms with E-state index in [0.29, 0.717) is 16.5 Å². The Bertz CT molecular complexity index is 677. The van der Waals surface area contributed by atoms with Gasteiger partial charge in [-0.1, -0.05) is 18.2 Å². The molecule has 0 spiro atoms. The highest BCUT2D eigenvalue weighted by Gasteiger charge is 2.13. The fraction of sp³-hybridized carbons (Fsp3) is 0.133. The van der Waals surface area contributed by atoms with Gasteiger partial charge in [0.05, 0.1) is 11.3 Å². The predicted octanol–water partition coefficient (Wildman–Crippen LogP) is 3.28. The number of halogens is 3. The van der Waals surface area contributed by atoms with Crippen LogP contribution in [-0.2, 0) is 6.42 Å². The molecule has 2 rings (SSSR count). The van der Waals surface area contributed by atoms with Crippen molar-refractivity contribution < 1.29 is 13.6 Å². The summed E-state index contributed by atoms with van der Waals surface area (Å²) in [4.78, 5) is 12.0. The molecule has 0 unspecified atom stereocenters. The summed E-state index contributed by atoms with van der Waals surface area (Å²) in [5.74, 6) is -1.30. The van der Waals surface area contributed by atoms with Gasteiger partial charge in [0.15, 0.2) is 0 Å². The van der Waals surface area contributed by atoms with E-state index in [-0.39, 0.29) is 23.6 Å². The smallest absolute Gasteiger partial charge is 0.252 e. The van der Waals surface area contributed by atoms with Gasteiger partial charge in [0.1, 0.15) is 11.6 Å². The zero-order chi connectivity index (χ0) is 15.4. The maximum absolute atomic E-state index is 13.4. The third-order valence-corrected chi connectivity index (χ3v) is 3.62. The molecule has 3 nitrogen and oxygen atoms in total. The minimum atomic E-state index is -0.593. The molecule has 0 atom stereocenters. The van der Waals surface area contributed by atoms with E-state index in [9.17, 15) is 13.6 Å². The molecular formula is C15H13BrF2N2O. The maximum Gasteiger partial charge on any atom is 0.252 e. The molecule has 0 bridgehead atoms. The topological polar surface area (TPSA) is 55.1 Å². The number of carbonyl (C=O) groups excluding carboxylic acids is 1. The Kier molecular flexibility index (Phi) is 4.90. The van der Waals surface area contributed by atoms with Gasteiger partial charge in [-0.05, 0) is 46.1 Å². The van der Waals surface area contributed by atoms with Crippen LogP contribution >= 0.6 is 15.9 Å². The van der Waals surface area contributed by atoms with Crippen molar-refractivity contribution in [2.24, 2.45) is 0 Å². The Morgan fingerprint density at radius 2 is 1.90 bits per heavy atom. The molecule has 0 aliphatic carbocycles. The van der Waals surface area contributed by atoms with Crippen LogP contribution in [0.4, 0.5) is 14.5 Å². The SMILES string of the molecule is Nc1cc(C(=O)NCCc2ccccc2F)c(Br)cc1F. The Balaban J connectivity index is 2.00. The second-order valence-corrected chi connectivity index (χ2v) is 5.31. The summed E-state index contributed by atoms with van der Waals surface area (Å²) in [5.41, 5.74) is 6.10. The van der Waals surface area contributed by atoms with Crippen LogP contribution < -0.4 is 11.1 Å². The molecule has 0 fully saturated rings. The second-order valence-electron chi connectivity index (χ2n) is 4.45. The fourth-order valence-corrected chi connectivity index (χ4v) is 2.34. The van der Waals surface area contributed by atoms with Gasteiger partial charge in [-0.2, -0.15) is 0 Å². The van der Waals surface area contributed by atoms with Crippen LogP contribution in [0, 0.1) is 11.6 Å². The molecule has 0 aliphatic rings. The van der Waals surface area contributed by atoms with Crippen molar-refractivity contribution in [3.8, 4) is 0 Å². The Labute approximate surface area is 129 Å². The number of rotatable bonds is 4. The minimum absolute atomic E-state index is 0.0996. The van der Waals surface area contributed by atoms with E-state index in [1.807, 2.05) is 0 Å². The quantitative estimate of drug-likeness (QED) is 0.827. The van der Waals surface area contributed by atoms with Crippen molar-refractivity contribution in [1.29, 1.82) is 0 Å². The van der Waals surface area contributed by atoms with E-state index >= 15 is 0 Å². The van der Waals surface area contributed by atoms with Gasteiger partial charge < -0.3 is 11.1 Å². The van der Waals surface area contributed by atoms with Gasteiger partial charge in [-0.15, -0.1) is 0 Å². The van der Waals surface area contributed by atoms with Crippen molar-refractivity contribution in [2.75, 3.05) is 12.3 Å².